The smallest absolute Gasteiger partial charge is 0.260 e. The highest BCUT2D eigenvalue weighted by Crippen LogP contribution is 2.32. The molecule has 0 aliphatic carbocycles. The van der Waals surface area contributed by atoms with E-state index in [0.29, 0.717) is 40.6 Å². The molecule has 0 fully saturated rings. The second kappa shape index (κ2) is 7.64. The number of benzene rings is 2. The monoisotopic (exact) mass is 431 g/mol. The molecule has 6 nitrogen and oxygen atoms in total. The van der Waals surface area contributed by atoms with Gasteiger partial charge in [0.1, 0.15) is 29.5 Å². The van der Waals surface area contributed by atoms with Crippen molar-refractivity contribution in [1.82, 2.24) is 19.7 Å². The summed E-state index contributed by atoms with van der Waals surface area (Å²) >= 11 is 0. The van der Waals surface area contributed by atoms with Crippen LogP contribution >= 0.6 is 0 Å². The van der Waals surface area contributed by atoms with Crippen molar-refractivity contribution in [3.63, 3.8) is 0 Å². The fraction of sp³-hybridized carbons (Fsp3) is 0.167. The third kappa shape index (κ3) is 3.43. The minimum atomic E-state index is -0.663. The first-order valence-corrected chi connectivity index (χ1v) is 10.2. The largest absolute Gasteiger partial charge is 0.310 e. The summed E-state index contributed by atoms with van der Waals surface area (Å²) in [5, 5.41) is 8.16. The number of rotatable bonds is 4. The molecule has 2 aromatic heterocycles. The van der Waals surface area contributed by atoms with E-state index in [1.54, 1.807) is 29.4 Å². The Balaban J connectivity index is 1.48. The van der Waals surface area contributed by atoms with E-state index in [0.717, 1.165) is 11.6 Å². The molecule has 0 radical (unpaired) electrons. The van der Waals surface area contributed by atoms with Crippen molar-refractivity contribution in [3.05, 3.63) is 83.7 Å². The highest BCUT2D eigenvalue weighted by molar-refractivity contribution is 6.10. The molecule has 160 valence electrons. The Hall–Kier alpha value is -3.94. The van der Waals surface area contributed by atoms with Crippen LogP contribution in [0.25, 0.3) is 22.6 Å². The van der Waals surface area contributed by atoms with E-state index in [1.165, 1.54) is 12.1 Å². The van der Waals surface area contributed by atoms with Crippen LogP contribution in [0.3, 0.4) is 0 Å². The molecule has 2 aromatic carbocycles. The average molecular weight is 431 g/mol. The van der Waals surface area contributed by atoms with Crippen molar-refractivity contribution in [1.29, 1.82) is 0 Å². The van der Waals surface area contributed by atoms with E-state index >= 15 is 0 Å². The maximum atomic E-state index is 13.6. The zero-order valence-corrected chi connectivity index (χ0v) is 17.5. The summed E-state index contributed by atoms with van der Waals surface area (Å²) in [6.07, 6.45) is 1.65. The second-order valence-electron chi connectivity index (χ2n) is 7.96. The maximum Gasteiger partial charge on any atom is 0.260 e. The summed E-state index contributed by atoms with van der Waals surface area (Å²) in [4.78, 5) is 19.4. The van der Waals surface area contributed by atoms with Crippen LogP contribution in [0, 0.1) is 11.6 Å². The van der Waals surface area contributed by atoms with Gasteiger partial charge in [0.2, 0.25) is 0 Å². The SMILES string of the molecule is CC(C)n1cnnc1-c1cccc(N2Cc3ccc(-c4cc(F)cc(F)c4)cc3C2=O)n1. The second-order valence-corrected chi connectivity index (χ2v) is 7.96. The van der Waals surface area contributed by atoms with Crippen LogP contribution in [0.2, 0.25) is 0 Å². The lowest BCUT2D eigenvalue weighted by molar-refractivity contribution is 0.0996. The molecule has 0 saturated carbocycles. The normalized spacial score (nSPS) is 13.2. The molecule has 1 aliphatic heterocycles. The summed E-state index contributed by atoms with van der Waals surface area (Å²) in [5.41, 5.74) is 2.89. The number of fused-ring (bicyclic) bond motifs is 1. The topological polar surface area (TPSA) is 63.9 Å². The fourth-order valence-corrected chi connectivity index (χ4v) is 3.89. The molecule has 0 bridgehead atoms. The first-order valence-electron chi connectivity index (χ1n) is 10.2. The van der Waals surface area contributed by atoms with Gasteiger partial charge < -0.3 is 4.57 Å². The molecule has 4 aromatic rings. The Bertz CT molecular complexity index is 1330. The summed E-state index contributed by atoms with van der Waals surface area (Å²) in [6, 6.07) is 14.2. The Labute approximate surface area is 183 Å². The molecule has 0 spiro atoms. The number of hydrogen-bond acceptors (Lipinski definition) is 4. The lowest BCUT2D eigenvalue weighted by Crippen LogP contribution is -2.24. The van der Waals surface area contributed by atoms with Crippen molar-refractivity contribution >= 4 is 11.7 Å². The third-order valence-electron chi connectivity index (χ3n) is 5.48. The van der Waals surface area contributed by atoms with Crippen LogP contribution in [-0.4, -0.2) is 25.7 Å². The average Bonchev–Trinajstić information content (AvgIpc) is 3.38. The fourth-order valence-electron chi connectivity index (χ4n) is 3.89. The first-order chi connectivity index (χ1) is 15.4. The number of anilines is 1. The van der Waals surface area contributed by atoms with Gasteiger partial charge in [-0.2, -0.15) is 0 Å². The van der Waals surface area contributed by atoms with Gasteiger partial charge in [-0.25, -0.2) is 13.8 Å². The van der Waals surface area contributed by atoms with Gasteiger partial charge in [0.25, 0.3) is 5.91 Å². The Morgan fingerprint density at radius 2 is 1.75 bits per heavy atom. The highest BCUT2D eigenvalue weighted by Gasteiger charge is 2.30. The van der Waals surface area contributed by atoms with Gasteiger partial charge >= 0.3 is 0 Å². The Morgan fingerprint density at radius 1 is 0.969 bits per heavy atom. The quantitative estimate of drug-likeness (QED) is 0.455. The maximum absolute atomic E-state index is 13.6. The molecule has 32 heavy (non-hydrogen) atoms. The van der Waals surface area contributed by atoms with E-state index in [4.69, 9.17) is 0 Å². The van der Waals surface area contributed by atoms with E-state index in [1.807, 2.05) is 36.6 Å². The third-order valence-corrected chi connectivity index (χ3v) is 5.48. The molecule has 0 saturated heterocycles. The number of amides is 1. The molecule has 3 heterocycles. The number of carbonyl (C=O) groups excluding carboxylic acids is 1. The summed E-state index contributed by atoms with van der Waals surface area (Å²) in [7, 11) is 0. The van der Waals surface area contributed by atoms with E-state index in [9.17, 15) is 13.6 Å². The Morgan fingerprint density at radius 3 is 2.50 bits per heavy atom. The Kier molecular flexibility index (Phi) is 4.77. The molecule has 1 amide bonds. The van der Waals surface area contributed by atoms with Gasteiger partial charge in [-0.05, 0) is 60.9 Å². The molecule has 8 heteroatoms. The molecule has 0 atom stereocenters. The van der Waals surface area contributed by atoms with Crippen molar-refractivity contribution in [2.75, 3.05) is 4.90 Å². The summed E-state index contributed by atoms with van der Waals surface area (Å²) in [5.74, 6) is -0.414. The van der Waals surface area contributed by atoms with Crippen LogP contribution < -0.4 is 4.90 Å². The van der Waals surface area contributed by atoms with Crippen LogP contribution in [-0.2, 0) is 6.54 Å². The van der Waals surface area contributed by atoms with Gasteiger partial charge in [-0.3, -0.25) is 9.69 Å². The van der Waals surface area contributed by atoms with Gasteiger partial charge in [-0.1, -0.05) is 18.2 Å². The lowest BCUT2D eigenvalue weighted by atomic mass is 10.0. The predicted octanol–water partition coefficient (Wildman–Crippen LogP) is 5.03. The van der Waals surface area contributed by atoms with Gasteiger partial charge in [0.15, 0.2) is 5.82 Å². The van der Waals surface area contributed by atoms with Crippen molar-refractivity contribution in [2.45, 2.75) is 26.4 Å². The van der Waals surface area contributed by atoms with Gasteiger partial charge in [0.05, 0.1) is 6.54 Å². The molecular weight excluding hydrogens is 412 g/mol. The molecule has 5 rings (SSSR count). The van der Waals surface area contributed by atoms with Crippen LogP contribution in [0.1, 0.15) is 35.8 Å². The summed E-state index contributed by atoms with van der Waals surface area (Å²) < 4.78 is 29.2. The lowest BCUT2D eigenvalue weighted by Gasteiger charge is -2.16. The zero-order chi connectivity index (χ0) is 22.4. The van der Waals surface area contributed by atoms with Crippen LogP contribution in [0.15, 0.2) is 60.9 Å². The minimum Gasteiger partial charge on any atom is -0.310 e. The number of hydrogen-bond donors (Lipinski definition) is 0. The van der Waals surface area contributed by atoms with Gasteiger partial charge in [0, 0.05) is 17.7 Å². The van der Waals surface area contributed by atoms with Crippen molar-refractivity contribution < 1.29 is 13.6 Å². The molecule has 0 unspecified atom stereocenters. The van der Waals surface area contributed by atoms with Crippen LogP contribution in [0.5, 0.6) is 0 Å². The number of pyridine rings is 1. The van der Waals surface area contributed by atoms with E-state index in [-0.39, 0.29) is 11.9 Å². The van der Waals surface area contributed by atoms with Crippen LogP contribution in [0.4, 0.5) is 14.6 Å². The minimum absolute atomic E-state index is 0.161. The number of carbonyl (C=O) groups is 1. The predicted molar refractivity (Wildman–Crippen MR) is 116 cm³/mol. The van der Waals surface area contributed by atoms with Gasteiger partial charge in [-0.15, -0.1) is 10.2 Å². The summed E-state index contributed by atoms with van der Waals surface area (Å²) in [6.45, 7) is 4.41. The first kappa shape index (κ1) is 20.0. The van der Waals surface area contributed by atoms with E-state index < -0.39 is 11.6 Å². The number of halogens is 2. The van der Waals surface area contributed by atoms with Crippen molar-refractivity contribution in [2.24, 2.45) is 0 Å². The molecular formula is C24H19F2N5O. The highest BCUT2D eigenvalue weighted by atomic mass is 19.1. The number of aromatic nitrogens is 4. The standard InChI is InChI=1S/C24H19F2N5O/c1-14(2)31-13-27-29-23(31)21-4-3-5-22(28-21)30-12-16-7-6-15(10-20(16)24(30)32)17-8-18(25)11-19(26)9-17/h3-11,13-14H,12H2,1-2H3. The molecule has 1 aliphatic rings. The van der Waals surface area contributed by atoms with Crippen molar-refractivity contribution in [3.8, 4) is 22.6 Å². The zero-order valence-electron chi connectivity index (χ0n) is 17.5. The number of nitrogens with zero attached hydrogens (tertiary/aromatic N) is 5. The molecule has 0 N–H and O–H groups in total. The van der Waals surface area contributed by atoms with E-state index in [2.05, 4.69) is 15.2 Å².